The number of aryl methyl sites for hydroxylation is 1. The van der Waals surface area contributed by atoms with Crippen LogP contribution in [0.1, 0.15) is 17.5 Å². The molecule has 0 saturated heterocycles. The van der Waals surface area contributed by atoms with Crippen molar-refractivity contribution < 1.29 is 15.0 Å². The van der Waals surface area contributed by atoms with Crippen molar-refractivity contribution in [3.05, 3.63) is 59.7 Å². The number of aliphatic hydroxyl groups excluding tert-OH is 1. The van der Waals surface area contributed by atoms with Crippen molar-refractivity contribution in [2.45, 2.75) is 19.4 Å². The lowest BCUT2D eigenvalue weighted by atomic mass is 9.98. The molecule has 0 aliphatic heterocycles. The molecular weight excluding hydrogens is 240 g/mol. The van der Waals surface area contributed by atoms with Crippen LogP contribution in [-0.4, -0.2) is 16.2 Å². The minimum absolute atomic E-state index is 0.0109. The predicted molar refractivity (Wildman–Crippen MR) is 73.8 cm³/mol. The number of hydrogen-bond donors (Lipinski definition) is 2. The molecule has 0 unspecified atom stereocenters. The summed E-state index contributed by atoms with van der Waals surface area (Å²) in [5, 5.41) is 18.0. The van der Waals surface area contributed by atoms with Crippen LogP contribution in [0.15, 0.2) is 48.5 Å². The molecule has 3 heteroatoms. The van der Waals surface area contributed by atoms with Crippen LogP contribution < -0.4 is 0 Å². The summed E-state index contributed by atoms with van der Waals surface area (Å²) < 4.78 is 0. The number of carboxylic acid groups (broad SMARTS) is 1. The maximum Gasteiger partial charge on any atom is 0.303 e. The standard InChI is InChI=1S/C16H16O3/c17-11-14-3-1-2-4-15(14)13-8-5-12(6-9-13)7-10-16(18)19/h1-6,8-9,17H,7,10-11H2,(H,18,19). The Hall–Kier alpha value is -2.13. The number of rotatable bonds is 5. The second-order valence-corrected chi connectivity index (χ2v) is 4.41. The highest BCUT2D eigenvalue weighted by atomic mass is 16.4. The Kier molecular flexibility index (Phi) is 4.31. The van der Waals surface area contributed by atoms with E-state index in [0.717, 1.165) is 22.3 Å². The van der Waals surface area contributed by atoms with Crippen LogP contribution in [0.5, 0.6) is 0 Å². The third kappa shape index (κ3) is 3.42. The zero-order valence-electron chi connectivity index (χ0n) is 10.5. The van der Waals surface area contributed by atoms with Crippen molar-refractivity contribution in [2.24, 2.45) is 0 Å². The van der Waals surface area contributed by atoms with Crippen LogP contribution in [0.4, 0.5) is 0 Å². The molecule has 0 bridgehead atoms. The molecule has 2 rings (SSSR count). The van der Waals surface area contributed by atoms with Crippen molar-refractivity contribution in [2.75, 3.05) is 0 Å². The number of carboxylic acids is 1. The predicted octanol–water partition coefficient (Wildman–Crippen LogP) is 2.86. The molecule has 0 aromatic heterocycles. The van der Waals surface area contributed by atoms with Gasteiger partial charge in [0.15, 0.2) is 0 Å². The molecule has 3 nitrogen and oxygen atoms in total. The summed E-state index contributed by atoms with van der Waals surface area (Å²) in [5.74, 6) is -0.783. The second-order valence-electron chi connectivity index (χ2n) is 4.41. The lowest BCUT2D eigenvalue weighted by Crippen LogP contribution is -1.97. The minimum Gasteiger partial charge on any atom is -0.481 e. The molecule has 0 radical (unpaired) electrons. The quantitative estimate of drug-likeness (QED) is 0.864. The highest BCUT2D eigenvalue weighted by Crippen LogP contribution is 2.24. The van der Waals surface area contributed by atoms with Crippen LogP contribution in [0, 0.1) is 0 Å². The summed E-state index contributed by atoms with van der Waals surface area (Å²) in [5.41, 5.74) is 3.94. The monoisotopic (exact) mass is 256 g/mol. The largest absolute Gasteiger partial charge is 0.481 e. The van der Waals surface area contributed by atoms with E-state index in [4.69, 9.17) is 5.11 Å². The van der Waals surface area contributed by atoms with Crippen molar-refractivity contribution in [1.82, 2.24) is 0 Å². The molecule has 2 aromatic carbocycles. The summed E-state index contributed by atoms with van der Waals surface area (Å²) in [4.78, 5) is 10.5. The van der Waals surface area contributed by atoms with Gasteiger partial charge in [0.2, 0.25) is 0 Å². The average Bonchev–Trinajstić information content (AvgIpc) is 2.45. The van der Waals surface area contributed by atoms with E-state index in [-0.39, 0.29) is 13.0 Å². The molecule has 2 N–H and O–H groups in total. The first kappa shape index (κ1) is 13.3. The highest BCUT2D eigenvalue weighted by Gasteiger charge is 2.04. The fourth-order valence-corrected chi connectivity index (χ4v) is 2.04. The average molecular weight is 256 g/mol. The van der Waals surface area contributed by atoms with E-state index in [0.29, 0.717) is 6.42 Å². The Morgan fingerprint density at radius 2 is 1.68 bits per heavy atom. The molecule has 0 spiro atoms. The maximum absolute atomic E-state index is 10.5. The third-order valence-electron chi connectivity index (χ3n) is 3.08. The van der Waals surface area contributed by atoms with Gasteiger partial charge in [0, 0.05) is 6.42 Å². The summed E-state index contributed by atoms with van der Waals surface area (Å²) >= 11 is 0. The number of hydrogen-bond acceptors (Lipinski definition) is 2. The molecule has 0 atom stereocenters. The Balaban J connectivity index is 2.20. The van der Waals surface area contributed by atoms with E-state index < -0.39 is 5.97 Å². The molecule has 0 fully saturated rings. The number of carbonyl (C=O) groups is 1. The molecule has 98 valence electrons. The minimum atomic E-state index is -0.783. The number of benzene rings is 2. The van der Waals surface area contributed by atoms with E-state index >= 15 is 0 Å². The maximum atomic E-state index is 10.5. The van der Waals surface area contributed by atoms with Crippen molar-refractivity contribution in [3.63, 3.8) is 0 Å². The van der Waals surface area contributed by atoms with Crippen LogP contribution in [0.2, 0.25) is 0 Å². The fourth-order valence-electron chi connectivity index (χ4n) is 2.04. The smallest absolute Gasteiger partial charge is 0.303 e. The Morgan fingerprint density at radius 3 is 2.32 bits per heavy atom. The summed E-state index contributed by atoms with van der Waals surface area (Å²) in [6, 6.07) is 15.5. The lowest BCUT2D eigenvalue weighted by molar-refractivity contribution is -0.136. The fraction of sp³-hybridized carbons (Fsp3) is 0.188. The van der Waals surface area contributed by atoms with Gasteiger partial charge in [0.1, 0.15) is 0 Å². The SMILES string of the molecule is O=C(O)CCc1ccc(-c2ccccc2CO)cc1. The van der Waals surface area contributed by atoms with Crippen molar-refractivity contribution in [3.8, 4) is 11.1 Å². The van der Waals surface area contributed by atoms with E-state index in [1.165, 1.54) is 0 Å². The molecule has 19 heavy (non-hydrogen) atoms. The molecule has 0 saturated carbocycles. The first-order valence-corrected chi connectivity index (χ1v) is 6.20. The molecule has 0 amide bonds. The van der Waals surface area contributed by atoms with Crippen LogP contribution in [0.25, 0.3) is 11.1 Å². The second kappa shape index (κ2) is 6.16. The molecule has 0 aliphatic carbocycles. The van der Waals surface area contributed by atoms with Gasteiger partial charge in [0.25, 0.3) is 0 Å². The van der Waals surface area contributed by atoms with E-state index in [1.807, 2.05) is 48.5 Å². The summed E-state index contributed by atoms with van der Waals surface area (Å²) in [7, 11) is 0. The zero-order valence-corrected chi connectivity index (χ0v) is 10.5. The van der Waals surface area contributed by atoms with Gasteiger partial charge in [-0.25, -0.2) is 0 Å². The molecule has 0 heterocycles. The van der Waals surface area contributed by atoms with Gasteiger partial charge < -0.3 is 10.2 Å². The Labute approximate surface area is 112 Å². The van der Waals surface area contributed by atoms with Crippen LogP contribution >= 0.6 is 0 Å². The van der Waals surface area contributed by atoms with Gasteiger partial charge in [0.05, 0.1) is 6.61 Å². The van der Waals surface area contributed by atoms with Gasteiger partial charge in [-0.1, -0.05) is 48.5 Å². The van der Waals surface area contributed by atoms with E-state index in [1.54, 1.807) is 0 Å². The van der Waals surface area contributed by atoms with Gasteiger partial charge >= 0.3 is 5.97 Å². The van der Waals surface area contributed by atoms with Crippen molar-refractivity contribution in [1.29, 1.82) is 0 Å². The topological polar surface area (TPSA) is 57.5 Å². The molecular formula is C16H16O3. The first-order valence-electron chi connectivity index (χ1n) is 6.20. The number of aliphatic carboxylic acids is 1. The van der Waals surface area contributed by atoms with Crippen LogP contribution in [-0.2, 0) is 17.8 Å². The normalized spacial score (nSPS) is 10.4. The first-order chi connectivity index (χ1) is 9.20. The summed E-state index contributed by atoms with van der Waals surface area (Å²) in [6.07, 6.45) is 0.684. The van der Waals surface area contributed by atoms with Gasteiger partial charge in [-0.3, -0.25) is 4.79 Å². The Bertz CT molecular complexity index is 558. The van der Waals surface area contributed by atoms with Gasteiger partial charge in [-0.15, -0.1) is 0 Å². The zero-order chi connectivity index (χ0) is 13.7. The Morgan fingerprint density at radius 1 is 1.00 bits per heavy atom. The molecule has 0 aliphatic rings. The summed E-state index contributed by atoms with van der Waals surface area (Å²) in [6.45, 7) is 0.0109. The van der Waals surface area contributed by atoms with Gasteiger partial charge in [-0.05, 0) is 28.7 Å². The highest BCUT2D eigenvalue weighted by molar-refractivity contribution is 5.68. The van der Waals surface area contributed by atoms with E-state index in [2.05, 4.69) is 0 Å². The van der Waals surface area contributed by atoms with Gasteiger partial charge in [-0.2, -0.15) is 0 Å². The third-order valence-corrected chi connectivity index (χ3v) is 3.08. The number of aliphatic hydroxyl groups is 1. The lowest BCUT2D eigenvalue weighted by Gasteiger charge is -2.08. The van der Waals surface area contributed by atoms with Crippen LogP contribution in [0.3, 0.4) is 0 Å². The van der Waals surface area contributed by atoms with Crippen molar-refractivity contribution >= 4 is 5.97 Å². The van der Waals surface area contributed by atoms with E-state index in [9.17, 15) is 9.90 Å². The molecule has 2 aromatic rings.